The number of hydrogen-bond donors (Lipinski definition) is 4. The lowest BCUT2D eigenvalue weighted by Crippen LogP contribution is -2.39. The first-order valence-corrected chi connectivity index (χ1v) is 12.1. The van der Waals surface area contributed by atoms with Crippen molar-refractivity contribution < 1.29 is 30.0 Å². The third-order valence-electron chi connectivity index (χ3n) is 7.64. The van der Waals surface area contributed by atoms with E-state index in [0.29, 0.717) is 24.0 Å². The summed E-state index contributed by atoms with van der Waals surface area (Å²) in [5.74, 6) is -2.41. The Morgan fingerprint density at radius 2 is 1.83 bits per heavy atom. The predicted molar refractivity (Wildman–Crippen MR) is 133 cm³/mol. The van der Waals surface area contributed by atoms with Crippen molar-refractivity contribution in [2.45, 2.75) is 38.7 Å². The second-order valence-corrected chi connectivity index (χ2v) is 9.51. The Morgan fingerprint density at radius 3 is 2.49 bits per heavy atom. The standard InChI is InChI=1S/C28H33NO6/c1-3-16(12-17-9-11-23(32)20-7-5-4-6-19(17)20)8-10-24(33)25-18(14-30)13-21-26(22(25)15-31)28(35)29(2)27(21)34/h4-7,9,11-12,21-22,24,26,30-33H,3,8,10,13-15H2,1-2H3/b16-12+/t21-,22+,24-,26-/m1/s1. The number of allylic oxidation sites excluding steroid dienone is 1. The highest BCUT2D eigenvalue weighted by molar-refractivity contribution is 6.05. The summed E-state index contributed by atoms with van der Waals surface area (Å²) in [5.41, 5.74) is 3.12. The third kappa shape index (κ3) is 4.51. The van der Waals surface area contributed by atoms with Crippen LogP contribution in [0.15, 0.2) is 53.1 Å². The lowest BCUT2D eigenvalue weighted by Gasteiger charge is -2.36. The molecule has 7 heteroatoms. The maximum absolute atomic E-state index is 12.7. The summed E-state index contributed by atoms with van der Waals surface area (Å²) in [7, 11) is 1.44. The van der Waals surface area contributed by atoms with Gasteiger partial charge in [0.2, 0.25) is 11.8 Å². The van der Waals surface area contributed by atoms with Crippen LogP contribution in [0.3, 0.4) is 0 Å². The van der Waals surface area contributed by atoms with Gasteiger partial charge in [0.1, 0.15) is 5.75 Å². The molecule has 186 valence electrons. The van der Waals surface area contributed by atoms with Crippen LogP contribution >= 0.6 is 0 Å². The molecule has 0 radical (unpaired) electrons. The fourth-order valence-corrected chi connectivity index (χ4v) is 5.74. The molecule has 0 spiro atoms. The first-order chi connectivity index (χ1) is 16.8. The van der Waals surface area contributed by atoms with Gasteiger partial charge < -0.3 is 20.4 Å². The van der Waals surface area contributed by atoms with Crippen molar-refractivity contribution in [3.8, 4) is 5.75 Å². The number of aliphatic hydroxyl groups is 3. The number of imide groups is 1. The number of hydrogen-bond acceptors (Lipinski definition) is 6. The number of likely N-dealkylation sites (tertiary alicyclic amines) is 1. The highest BCUT2D eigenvalue weighted by atomic mass is 16.3. The average Bonchev–Trinajstić information content (AvgIpc) is 3.10. The number of fused-ring (bicyclic) bond motifs is 2. The van der Waals surface area contributed by atoms with E-state index in [1.54, 1.807) is 6.07 Å². The summed E-state index contributed by atoms with van der Waals surface area (Å²) in [5, 5.41) is 43.2. The molecule has 0 saturated carbocycles. The molecule has 1 saturated heterocycles. The summed E-state index contributed by atoms with van der Waals surface area (Å²) in [6.45, 7) is 1.34. The molecule has 2 aliphatic rings. The van der Waals surface area contributed by atoms with Gasteiger partial charge in [-0.15, -0.1) is 0 Å². The molecule has 4 rings (SSSR count). The second kappa shape index (κ2) is 10.3. The molecule has 2 aromatic rings. The molecular formula is C28H33NO6. The first kappa shape index (κ1) is 25.1. The monoisotopic (exact) mass is 479 g/mol. The molecule has 7 nitrogen and oxygen atoms in total. The molecule has 0 bridgehead atoms. The number of nitrogens with zero attached hydrogens (tertiary/aromatic N) is 1. The number of benzene rings is 2. The predicted octanol–water partition coefficient (Wildman–Crippen LogP) is 3.01. The van der Waals surface area contributed by atoms with E-state index in [-0.39, 0.29) is 37.2 Å². The molecule has 2 aromatic carbocycles. The van der Waals surface area contributed by atoms with Crippen molar-refractivity contribution in [2.75, 3.05) is 20.3 Å². The zero-order valence-electron chi connectivity index (χ0n) is 20.1. The summed E-state index contributed by atoms with van der Waals surface area (Å²) >= 11 is 0. The Hall–Kier alpha value is -3.00. The van der Waals surface area contributed by atoms with Crippen molar-refractivity contribution in [1.82, 2.24) is 4.90 Å². The minimum Gasteiger partial charge on any atom is -0.507 e. The van der Waals surface area contributed by atoms with Gasteiger partial charge in [0, 0.05) is 18.4 Å². The smallest absolute Gasteiger partial charge is 0.233 e. The van der Waals surface area contributed by atoms with E-state index in [1.165, 1.54) is 7.05 Å². The van der Waals surface area contributed by atoms with Crippen LogP contribution < -0.4 is 0 Å². The van der Waals surface area contributed by atoms with Crippen LogP contribution in [0.25, 0.3) is 16.8 Å². The number of phenolic OH excluding ortho intramolecular Hbond substituents is 1. The third-order valence-corrected chi connectivity index (χ3v) is 7.64. The molecule has 1 heterocycles. The minimum absolute atomic E-state index is 0.217. The molecule has 0 aromatic heterocycles. The van der Waals surface area contributed by atoms with E-state index in [4.69, 9.17) is 0 Å². The van der Waals surface area contributed by atoms with Crippen molar-refractivity contribution in [3.63, 3.8) is 0 Å². The largest absolute Gasteiger partial charge is 0.507 e. The van der Waals surface area contributed by atoms with Crippen molar-refractivity contribution >= 4 is 28.7 Å². The topological polar surface area (TPSA) is 118 Å². The van der Waals surface area contributed by atoms with Crippen molar-refractivity contribution in [2.24, 2.45) is 17.8 Å². The van der Waals surface area contributed by atoms with E-state index in [9.17, 15) is 30.0 Å². The number of aliphatic hydroxyl groups excluding tert-OH is 3. The highest BCUT2D eigenvalue weighted by Crippen LogP contribution is 2.45. The van der Waals surface area contributed by atoms with Gasteiger partial charge in [-0.3, -0.25) is 14.5 Å². The van der Waals surface area contributed by atoms with E-state index >= 15 is 0 Å². The van der Waals surface area contributed by atoms with Gasteiger partial charge >= 0.3 is 0 Å². The number of amides is 2. The van der Waals surface area contributed by atoms with Gasteiger partial charge in [0.15, 0.2) is 0 Å². The molecule has 0 unspecified atom stereocenters. The maximum Gasteiger partial charge on any atom is 0.233 e. The van der Waals surface area contributed by atoms with Crippen molar-refractivity contribution in [3.05, 3.63) is 58.7 Å². The molecular weight excluding hydrogens is 446 g/mol. The summed E-state index contributed by atoms with van der Waals surface area (Å²) in [6.07, 6.45) is 3.05. The first-order valence-electron chi connectivity index (χ1n) is 12.1. The Morgan fingerprint density at radius 1 is 1.11 bits per heavy atom. The Kier molecular flexibility index (Phi) is 7.40. The van der Waals surface area contributed by atoms with Gasteiger partial charge in [0.25, 0.3) is 0 Å². The number of carbonyl (C=O) groups excluding carboxylic acids is 2. The fourth-order valence-electron chi connectivity index (χ4n) is 5.74. The second-order valence-electron chi connectivity index (χ2n) is 9.51. The lowest BCUT2D eigenvalue weighted by molar-refractivity contribution is -0.138. The number of phenols is 1. The van der Waals surface area contributed by atoms with Crippen LogP contribution in [-0.2, 0) is 9.59 Å². The molecule has 1 fully saturated rings. The average molecular weight is 480 g/mol. The number of rotatable bonds is 8. The van der Waals surface area contributed by atoms with E-state index in [2.05, 4.69) is 6.08 Å². The van der Waals surface area contributed by atoms with Gasteiger partial charge in [-0.25, -0.2) is 0 Å². The van der Waals surface area contributed by atoms with Crippen molar-refractivity contribution in [1.29, 1.82) is 0 Å². The summed E-state index contributed by atoms with van der Waals surface area (Å²) in [6, 6.07) is 11.2. The van der Waals surface area contributed by atoms with Gasteiger partial charge in [0.05, 0.1) is 31.2 Å². The quantitative estimate of drug-likeness (QED) is 0.342. The van der Waals surface area contributed by atoms with E-state index in [0.717, 1.165) is 33.2 Å². The van der Waals surface area contributed by atoms with Gasteiger partial charge in [-0.05, 0) is 53.8 Å². The zero-order valence-corrected chi connectivity index (χ0v) is 20.1. The molecule has 35 heavy (non-hydrogen) atoms. The fraction of sp³-hybridized carbons (Fsp3) is 0.429. The molecule has 1 aliphatic carbocycles. The van der Waals surface area contributed by atoms with Crippen LogP contribution in [0, 0.1) is 17.8 Å². The number of carbonyl (C=O) groups is 2. The van der Waals surface area contributed by atoms with Crippen LogP contribution in [0.2, 0.25) is 0 Å². The summed E-state index contributed by atoms with van der Waals surface area (Å²) in [4.78, 5) is 26.4. The van der Waals surface area contributed by atoms with E-state index < -0.39 is 23.9 Å². The SMILES string of the molecule is CC/C(=C\c1ccc(O)c2ccccc12)CC[C@@H](O)C1=C(CO)C[C@H]2C(=O)N(C)C(=O)[C@H]2[C@H]1CO. The van der Waals surface area contributed by atoms with Crippen LogP contribution in [0.1, 0.15) is 38.2 Å². The molecule has 1 aliphatic heterocycles. The van der Waals surface area contributed by atoms with Gasteiger partial charge in [-0.1, -0.05) is 48.9 Å². The van der Waals surface area contributed by atoms with Crippen LogP contribution in [0.4, 0.5) is 0 Å². The van der Waals surface area contributed by atoms with Crippen LogP contribution in [0.5, 0.6) is 5.75 Å². The zero-order chi connectivity index (χ0) is 25.3. The highest BCUT2D eigenvalue weighted by Gasteiger charge is 2.53. The normalized spacial score (nSPS) is 23.9. The van der Waals surface area contributed by atoms with Gasteiger partial charge in [-0.2, -0.15) is 0 Å². The number of aromatic hydroxyl groups is 1. The Balaban J connectivity index is 1.58. The molecule has 4 N–H and O–H groups in total. The Bertz CT molecular complexity index is 1200. The maximum atomic E-state index is 12.7. The Labute approximate surface area is 205 Å². The minimum atomic E-state index is -0.949. The molecule has 4 atom stereocenters. The van der Waals surface area contributed by atoms with Crippen LogP contribution in [-0.4, -0.2) is 63.5 Å². The summed E-state index contributed by atoms with van der Waals surface area (Å²) < 4.78 is 0. The van der Waals surface area contributed by atoms with E-state index in [1.807, 2.05) is 37.3 Å². The molecule has 2 amide bonds. The lowest BCUT2D eigenvalue weighted by atomic mass is 9.68.